The van der Waals surface area contributed by atoms with Crippen molar-refractivity contribution in [2.24, 2.45) is 0 Å². The lowest BCUT2D eigenvalue weighted by atomic mass is 9.98. The molecule has 1 fully saturated rings. The Bertz CT molecular complexity index is 1550. The lowest BCUT2D eigenvalue weighted by Gasteiger charge is -2.40. The van der Waals surface area contributed by atoms with Crippen molar-refractivity contribution >= 4 is 23.9 Å². The number of carbonyl (C=O) groups is 4. The Balaban J connectivity index is 2.73. The second kappa shape index (κ2) is 49.1. The Morgan fingerprint density at radius 1 is 0.466 bits per heavy atom. The number of aliphatic hydroxyl groups is 2. The van der Waals surface area contributed by atoms with Crippen molar-refractivity contribution in [3.05, 3.63) is 72.9 Å². The monoisotopic (exact) mass is 1030 g/mol. The minimum Gasteiger partial charge on any atom is -0.479 e. The molecule has 1 saturated heterocycles. The van der Waals surface area contributed by atoms with Crippen molar-refractivity contribution in [3.8, 4) is 0 Å². The number of hydrogen-bond acceptors (Lipinski definition) is 11. The summed E-state index contributed by atoms with van der Waals surface area (Å²) in [6.45, 7) is 5.76. The van der Waals surface area contributed by atoms with Gasteiger partial charge in [0.2, 0.25) is 0 Å². The van der Waals surface area contributed by atoms with E-state index in [2.05, 4.69) is 93.7 Å². The normalized spacial score (nSPS) is 18.8. The van der Waals surface area contributed by atoms with E-state index in [1.165, 1.54) is 64.2 Å². The molecule has 3 N–H and O–H groups in total. The van der Waals surface area contributed by atoms with Crippen LogP contribution < -0.4 is 0 Å². The van der Waals surface area contributed by atoms with Crippen LogP contribution in [0.5, 0.6) is 0 Å². The summed E-state index contributed by atoms with van der Waals surface area (Å²) in [5.41, 5.74) is 0. The van der Waals surface area contributed by atoms with Crippen LogP contribution in [-0.2, 0) is 42.9 Å². The van der Waals surface area contributed by atoms with Gasteiger partial charge in [0, 0.05) is 19.3 Å². The summed E-state index contributed by atoms with van der Waals surface area (Å²) in [5.74, 6) is -3.19. The van der Waals surface area contributed by atoms with Crippen LogP contribution in [0.2, 0.25) is 0 Å². The van der Waals surface area contributed by atoms with E-state index in [0.717, 1.165) is 116 Å². The molecule has 418 valence electrons. The number of rotatable bonds is 48. The van der Waals surface area contributed by atoms with E-state index in [-0.39, 0.29) is 25.9 Å². The van der Waals surface area contributed by atoms with Gasteiger partial charge in [0.15, 0.2) is 24.6 Å². The van der Waals surface area contributed by atoms with Crippen LogP contribution in [0.25, 0.3) is 0 Å². The zero-order valence-corrected chi connectivity index (χ0v) is 45.9. The molecular weight excluding hydrogens is 925 g/mol. The predicted octanol–water partition coefficient (Wildman–Crippen LogP) is 14.6. The molecule has 12 nitrogen and oxygen atoms in total. The maximum absolute atomic E-state index is 13.1. The molecular formula is C61H102O12. The number of hydrogen-bond donors (Lipinski definition) is 3. The summed E-state index contributed by atoms with van der Waals surface area (Å²) in [5, 5.41) is 31.4. The van der Waals surface area contributed by atoms with Gasteiger partial charge in [-0.25, -0.2) is 4.79 Å². The molecule has 0 aromatic rings. The largest absolute Gasteiger partial charge is 0.479 e. The number of unbranched alkanes of at least 4 members (excludes halogenated alkanes) is 22. The van der Waals surface area contributed by atoms with Crippen molar-refractivity contribution in [3.63, 3.8) is 0 Å². The van der Waals surface area contributed by atoms with E-state index in [9.17, 15) is 34.5 Å². The Labute approximate surface area is 442 Å². The number of carboxylic acid groups (broad SMARTS) is 1. The summed E-state index contributed by atoms with van der Waals surface area (Å²) >= 11 is 0. The van der Waals surface area contributed by atoms with Gasteiger partial charge >= 0.3 is 23.9 Å². The highest BCUT2D eigenvalue weighted by Crippen LogP contribution is 2.26. The summed E-state index contributed by atoms with van der Waals surface area (Å²) in [6.07, 6.45) is 48.8. The van der Waals surface area contributed by atoms with Crippen LogP contribution in [0.1, 0.15) is 239 Å². The molecule has 0 bridgehead atoms. The van der Waals surface area contributed by atoms with Crippen molar-refractivity contribution in [1.29, 1.82) is 0 Å². The minimum absolute atomic E-state index is 0.0559. The zero-order chi connectivity index (χ0) is 53.3. The lowest BCUT2D eigenvalue weighted by Crippen LogP contribution is -2.61. The topological polar surface area (TPSA) is 175 Å². The van der Waals surface area contributed by atoms with Crippen LogP contribution in [0, 0.1) is 0 Å². The Morgan fingerprint density at radius 2 is 0.890 bits per heavy atom. The molecule has 1 heterocycles. The van der Waals surface area contributed by atoms with Crippen molar-refractivity contribution in [2.75, 3.05) is 13.2 Å². The lowest BCUT2D eigenvalue weighted by molar-refractivity contribution is -0.301. The summed E-state index contributed by atoms with van der Waals surface area (Å²) in [7, 11) is 0. The van der Waals surface area contributed by atoms with E-state index in [0.29, 0.717) is 19.3 Å². The van der Waals surface area contributed by atoms with Crippen LogP contribution in [0.15, 0.2) is 72.9 Å². The average Bonchev–Trinajstić information content (AvgIpc) is 3.37. The molecule has 1 aliphatic rings. The molecule has 0 radical (unpaired) electrons. The minimum atomic E-state index is -1.91. The highest BCUT2D eigenvalue weighted by atomic mass is 16.7. The summed E-state index contributed by atoms with van der Waals surface area (Å²) in [4.78, 5) is 51.0. The fourth-order valence-electron chi connectivity index (χ4n) is 8.34. The number of allylic oxidation sites excluding steroid dienone is 12. The van der Waals surface area contributed by atoms with Crippen LogP contribution in [0.3, 0.4) is 0 Å². The number of esters is 3. The SMILES string of the molecule is CC/C=C\C/C=C\C/C=C\C/C=C\CCCCC(=O)OCC(COC1OC(C(=O)O)C(O)C(O)C1OC(=O)CCCCCCCCCCCCCCCCC)OC(=O)CCCCCCC/C=C\C/C=C\CCC. The first-order chi connectivity index (χ1) is 35.6. The zero-order valence-electron chi connectivity index (χ0n) is 45.9. The van der Waals surface area contributed by atoms with E-state index in [4.69, 9.17) is 23.7 Å². The third-order valence-corrected chi connectivity index (χ3v) is 12.7. The third-order valence-electron chi connectivity index (χ3n) is 12.7. The number of aliphatic carboxylic acids is 1. The molecule has 1 rings (SSSR count). The second-order valence-corrected chi connectivity index (χ2v) is 19.5. The number of carboxylic acids is 1. The average molecular weight is 1030 g/mol. The molecule has 1 aliphatic heterocycles. The molecule has 0 aliphatic carbocycles. The van der Waals surface area contributed by atoms with Crippen molar-refractivity contribution < 1.29 is 58.2 Å². The third kappa shape index (κ3) is 39.3. The first-order valence-corrected chi connectivity index (χ1v) is 28.9. The molecule has 0 amide bonds. The fraction of sp³-hybridized carbons (Fsp3) is 0.738. The van der Waals surface area contributed by atoms with E-state index in [1.54, 1.807) is 0 Å². The van der Waals surface area contributed by atoms with Gasteiger partial charge in [-0.1, -0.05) is 209 Å². The summed E-state index contributed by atoms with van der Waals surface area (Å²) in [6, 6.07) is 0. The van der Waals surface area contributed by atoms with Crippen LogP contribution in [-0.4, -0.2) is 89.2 Å². The maximum Gasteiger partial charge on any atom is 0.335 e. The molecule has 0 aromatic carbocycles. The van der Waals surface area contributed by atoms with E-state index in [1.807, 2.05) is 0 Å². The predicted molar refractivity (Wildman–Crippen MR) is 294 cm³/mol. The molecule has 6 atom stereocenters. The standard InChI is InChI=1S/C61H102O12/c1-4-7-10-13-16-19-22-25-27-30-32-35-38-41-44-47-53(62)69-50-52(71-54(63)48-45-42-39-36-33-29-24-21-18-15-12-9-6-3)51-70-61-59(57(66)56(65)58(73-61)60(67)68)72-55(64)49-46-43-40-37-34-31-28-26-23-20-17-14-11-8-5-2/h7,10,12,15-16,19,21,24-25,27,32,35,52,56-59,61,65-66H,4-6,8-9,11,13-14,17-18,20,22-23,26,28-31,33-34,36-51H2,1-3H3,(H,67,68)/b10-7-,15-12-,19-16-,24-21-,27-25-,35-32-. The Hall–Kier alpha value is -3.84. The summed E-state index contributed by atoms with van der Waals surface area (Å²) < 4.78 is 28.3. The smallest absolute Gasteiger partial charge is 0.335 e. The van der Waals surface area contributed by atoms with Crippen LogP contribution in [0.4, 0.5) is 0 Å². The quantitative estimate of drug-likeness (QED) is 0.0228. The maximum atomic E-state index is 13.1. The molecule has 12 heteroatoms. The first-order valence-electron chi connectivity index (χ1n) is 28.9. The van der Waals surface area contributed by atoms with E-state index < -0.39 is 67.3 Å². The Morgan fingerprint density at radius 3 is 1.40 bits per heavy atom. The molecule has 0 saturated carbocycles. The number of ether oxygens (including phenoxy) is 5. The van der Waals surface area contributed by atoms with Crippen molar-refractivity contribution in [2.45, 2.75) is 276 Å². The van der Waals surface area contributed by atoms with Gasteiger partial charge in [0.05, 0.1) is 6.61 Å². The Kier molecular flexibility index (Phi) is 45.1. The second-order valence-electron chi connectivity index (χ2n) is 19.5. The molecule has 0 aromatic heterocycles. The van der Waals surface area contributed by atoms with Gasteiger partial charge < -0.3 is 39.0 Å². The highest BCUT2D eigenvalue weighted by Gasteiger charge is 2.50. The van der Waals surface area contributed by atoms with E-state index >= 15 is 0 Å². The van der Waals surface area contributed by atoms with Gasteiger partial charge in [-0.15, -0.1) is 0 Å². The van der Waals surface area contributed by atoms with Gasteiger partial charge in [0.1, 0.15) is 18.8 Å². The van der Waals surface area contributed by atoms with Gasteiger partial charge in [0.25, 0.3) is 0 Å². The molecule has 73 heavy (non-hydrogen) atoms. The van der Waals surface area contributed by atoms with Crippen molar-refractivity contribution in [1.82, 2.24) is 0 Å². The molecule has 6 unspecified atom stereocenters. The number of carbonyl (C=O) groups excluding carboxylic acids is 3. The van der Waals surface area contributed by atoms with Gasteiger partial charge in [-0.2, -0.15) is 0 Å². The number of aliphatic hydroxyl groups excluding tert-OH is 2. The fourth-order valence-corrected chi connectivity index (χ4v) is 8.34. The molecule has 0 spiro atoms. The van der Waals surface area contributed by atoms with Gasteiger partial charge in [-0.3, -0.25) is 14.4 Å². The van der Waals surface area contributed by atoms with Crippen LogP contribution >= 0.6 is 0 Å². The van der Waals surface area contributed by atoms with Gasteiger partial charge in [-0.05, 0) is 83.5 Å². The first kappa shape index (κ1) is 67.2. The highest BCUT2D eigenvalue weighted by molar-refractivity contribution is 5.74.